The third-order valence-electron chi connectivity index (χ3n) is 4.14. The number of nitrogens with one attached hydrogen (secondary N) is 2. The van der Waals surface area contributed by atoms with Crippen LogP contribution in [0.4, 0.5) is 11.4 Å². The number of carbonyl (C=O) groups is 1. The number of aryl methyl sites for hydroxylation is 1. The minimum Gasteiger partial charge on any atom is -0.324 e. The predicted molar refractivity (Wildman–Crippen MR) is 112 cm³/mol. The monoisotopic (exact) mass is 415 g/mol. The van der Waals surface area contributed by atoms with Crippen LogP contribution in [0.2, 0.25) is 5.02 Å². The van der Waals surface area contributed by atoms with E-state index in [1.165, 1.54) is 23.8 Å². The summed E-state index contributed by atoms with van der Waals surface area (Å²) in [6, 6.07) is 16.0. The van der Waals surface area contributed by atoms with Crippen LogP contribution in [-0.2, 0) is 4.79 Å². The molecule has 1 heterocycles. The van der Waals surface area contributed by atoms with Crippen LogP contribution in [0.5, 0.6) is 0 Å². The van der Waals surface area contributed by atoms with Crippen LogP contribution < -0.4 is 10.6 Å². The largest absolute Gasteiger partial charge is 0.324 e. The SMILES string of the molecule is Cc1ccc([C@H](NCC(=O)Nc2ccc([N+](=O)[O-])cc2Cl)c2cccs2)cc1. The lowest BCUT2D eigenvalue weighted by Gasteiger charge is -2.18. The summed E-state index contributed by atoms with van der Waals surface area (Å²) in [5, 5.41) is 18.9. The van der Waals surface area contributed by atoms with Gasteiger partial charge in [-0.1, -0.05) is 47.5 Å². The number of nitro benzene ring substituents is 1. The van der Waals surface area contributed by atoms with Crippen LogP contribution in [0.15, 0.2) is 60.0 Å². The Bertz CT molecular complexity index is 975. The molecule has 6 nitrogen and oxygen atoms in total. The number of non-ortho nitro benzene ring substituents is 1. The standard InChI is InChI=1S/C20H18ClN3O3S/c1-13-4-6-14(7-5-13)20(18-3-2-10-28-18)22-12-19(25)23-17-9-8-15(24(26)27)11-16(17)21/h2-11,20,22H,12H2,1H3,(H,23,25)/t20-/m0/s1. The molecule has 8 heteroatoms. The Morgan fingerprint density at radius 1 is 1.21 bits per heavy atom. The van der Waals surface area contributed by atoms with E-state index in [1.807, 2.05) is 48.7 Å². The van der Waals surface area contributed by atoms with Crippen molar-refractivity contribution in [2.75, 3.05) is 11.9 Å². The van der Waals surface area contributed by atoms with Gasteiger partial charge in [0.15, 0.2) is 0 Å². The van der Waals surface area contributed by atoms with Gasteiger partial charge < -0.3 is 5.32 Å². The van der Waals surface area contributed by atoms with Crippen molar-refractivity contribution in [2.24, 2.45) is 0 Å². The van der Waals surface area contributed by atoms with E-state index in [9.17, 15) is 14.9 Å². The second-order valence-electron chi connectivity index (χ2n) is 6.21. The van der Waals surface area contributed by atoms with Gasteiger partial charge in [-0.05, 0) is 30.0 Å². The van der Waals surface area contributed by atoms with Crippen molar-refractivity contribution in [3.05, 3.63) is 91.1 Å². The summed E-state index contributed by atoms with van der Waals surface area (Å²) in [4.78, 5) is 23.7. The lowest BCUT2D eigenvalue weighted by molar-refractivity contribution is -0.384. The zero-order chi connectivity index (χ0) is 20.1. The summed E-state index contributed by atoms with van der Waals surface area (Å²) in [6.07, 6.45) is 0. The molecule has 2 aromatic carbocycles. The zero-order valence-corrected chi connectivity index (χ0v) is 16.6. The van der Waals surface area contributed by atoms with Gasteiger partial charge in [0.2, 0.25) is 5.91 Å². The molecule has 0 saturated heterocycles. The molecule has 0 unspecified atom stereocenters. The fraction of sp³-hybridized carbons (Fsp3) is 0.150. The van der Waals surface area contributed by atoms with Gasteiger partial charge in [0, 0.05) is 17.0 Å². The van der Waals surface area contributed by atoms with E-state index in [0.717, 1.165) is 10.4 Å². The molecular formula is C20H18ClN3O3S. The smallest absolute Gasteiger partial charge is 0.271 e. The Morgan fingerprint density at radius 2 is 1.96 bits per heavy atom. The van der Waals surface area contributed by atoms with Crippen LogP contribution in [-0.4, -0.2) is 17.4 Å². The number of halogens is 1. The number of thiophene rings is 1. The Hall–Kier alpha value is -2.74. The average molecular weight is 416 g/mol. The maximum Gasteiger partial charge on any atom is 0.271 e. The Labute approximate surface area is 171 Å². The molecular weight excluding hydrogens is 398 g/mol. The second-order valence-corrected chi connectivity index (χ2v) is 7.60. The first-order valence-electron chi connectivity index (χ1n) is 8.51. The van der Waals surface area contributed by atoms with E-state index >= 15 is 0 Å². The van der Waals surface area contributed by atoms with Crippen molar-refractivity contribution in [2.45, 2.75) is 13.0 Å². The summed E-state index contributed by atoms with van der Waals surface area (Å²) >= 11 is 7.65. The molecule has 0 bridgehead atoms. The summed E-state index contributed by atoms with van der Waals surface area (Å²) in [5.74, 6) is -0.288. The first-order chi connectivity index (χ1) is 13.4. The normalized spacial score (nSPS) is 11.8. The number of benzene rings is 2. The van der Waals surface area contributed by atoms with Gasteiger partial charge in [-0.15, -0.1) is 11.3 Å². The quantitative estimate of drug-likeness (QED) is 0.423. The molecule has 28 heavy (non-hydrogen) atoms. The number of amides is 1. The third kappa shape index (κ3) is 4.95. The highest BCUT2D eigenvalue weighted by Gasteiger charge is 2.17. The molecule has 1 aromatic heterocycles. The Morgan fingerprint density at radius 3 is 2.57 bits per heavy atom. The van der Waals surface area contributed by atoms with Gasteiger partial charge in [0.05, 0.1) is 28.2 Å². The number of nitrogens with zero attached hydrogens (tertiary/aromatic N) is 1. The van der Waals surface area contributed by atoms with Crippen LogP contribution >= 0.6 is 22.9 Å². The molecule has 0 radical (unpaired) electrons. The lowest BCUT2D eigenvalue weighted by atomic mass is 10.0. The molecule has 144 valence electrons. The van der Waals surface area contributed by atoms with Crippen LogP contribution in [0.25, 0.3) is 0 Å². The molecule has 3 aromatic rings. The summed E-state index contributed by atoms with van der Waals surface area (Å²) in [5.41, 5.74) is 2.44. The molecule has 1 amide bonds. The summed E-state index contributed by atoms with van der Waals surface area (Å²) in [6.45, 7) is 2.09. The summed E-state index contributed by atoms with van der Waals surface area (Å²) < 4.78 is 0. The van der Waals surface area contributed by atoms with E-state index in [1.54, 1.807) is 11.3 Å². The average Bonchev–Trinajstić information content (AvgIpc) is 3.19. The van der Waals surface area contributed by atoms with Crippen molar-refractivity contribution >= 4 is 40.2 Å². The fourth-order valence-electron chi connectivity index (χ4n) is 2.71. The zero-order valence-electron chi connectivity index (χ0n) is 15.0. The van der Waals surface area contributed by atoms with Crippen LogP contribution in [0.1, 0.15) is 22.0 Å². The number of hydrogen-bond donors (Lipinski definition) is 2. The maximum absolute atomic E-state index is 12.4. The molecule has 0 aliphatic carbocycles. The number of anilines is 1. The van der Waals surface area contributed by atoms with Crippen molar-refractivity contribution in [3.8, 4) is 0 Å². The number of carbonyl (C=O) groups excluding carboxylic acids is 1. The molecule has 0 aliphatic heterocycles. The maximum atomic E-state index is 12.4. The highest BCUT2D eigenvalue weighted by molar-refractivity contribution is 7.10. The van der Waals surface area contributed by atoms with E-state index in [0.29, 0.717) is 5.69 Å². The van der Waals surface area contributed by atoms with Gasteiger partial charge in [-0.3, -0.25) is 20.2 Å². The van der Waals surface area contributed by atoms with Crippen molar-refractivity contribution in [1.29, 1.82) is 0 Å². The van der Waals surface area contributed by atoms with Gasteiger partial charge in [-0.25, -0.2) is 0 Å². The second kappa shape index (κ2) is 8.97. The minimum atomic E-state index is -0.535. The topological polar surface area (TPSA) is 84.3 Å². The van der Waals surface area contributed by atoms with E-state index in [-0.39, 0.29) is 29.2 Å². The van der Waals surface area contributed by atoms with Crippen molar-refractivity contribution in [1.82, 2.24) is 5.32 Å². The third-order valence-corrected chi connectivity index (χ3v) is 5.39. The van der Waals surface area contributed by atoms with Gasteiger partial charge in [0.1, 0.15) is 0 Å². The van der Waals surface area contributed by atoms with E-state index in [4.69, 9.17) is 11.6 Å². The van der Waals surface area contributed by atoms with Gasteiger partial charge >= 0.3 is 0 Å². The first kappa shape index (κ1) is 20.0. The number of hydrogen-bond acceptors (Lipinski definition) is 5. The van der Waals surface area contributed by atoms with Crippen LogP contribution in [0.3, 0.4) is 0 Å². The molecule has 0 saturated carbocycles. The first-order valence-corrected chi connectivity index (χ1v) is 9.77. The predicted octanol–water partition coefficient (Wildman–Crippen LogP) is 4.94. The lowest BCUT2D eigenvalue weighted by Crippen LogP contribution is -2.31. The molecule has 0 spiro atoms. The number of rotatable bonds is 7. The molecule has 2 N–H and O–H groups in total. The molecule has 0 aliphatic rings. The molecule has 0 fully saturated rings. The Balaban J connectivity index is 1.69. The highest BCUT2D eigenvalue weighted by Crippen LogP contribution is 2.28. The summed E-state index contributed by atoms with van der Waals surface area (Å²) in [7, 11) is 0. The highest BCUT2D eigenvalue weighted by atomic mass is 35.5. The van der Waals surface area contributed by atoms with Gasteiger partial charge in [-0.2, -0.15) is 0 Å². The van der Waals surface area contributed by atoms with Gasteiger partial charge in [0.25, 0.3) is 5.69 Å². The van der Waals surface area contributed by atoms with Crippen molar-refractivity contribution in [3.63, 3.8) is 0 Å². The minimum absolute atomic E-state index is 0.0593. The number of nitro groups is 1. The van der Waals surface area contributed by atoms with Crippen LogP contribution in [0, 0.1) is 17.0 Å². The molecule has 1 atom stereocenters. The Kier molecular flexibility index (Phi) is 6.41. The van der Waals surface area contributed by atoms with E-state index in [2.05, 4.69) is 10.6 Å². The molecule has 3 rings (SSSR count). The van der Waals surface area contributed by atoms with Crippen molar-refractivity contribution < 1.29 is 9.72 Å². The fourth-order valence-corrected chi connectivity index (χ4v) is 3.75. The van der Waals surface area contributed by atoms with E-state index < -0.39 is 4.92 Å².